The van der Waals surface area contributed by atoms with Crippen LogP contribution in [-0.2, 0) is 27.4 Å². The molecule has 3 heterocycles. The van der Waals surface area contributed by atoms with Crippen LogP contribution < -0.4 is 16.4 Å². The van der Waals surface area contributed by atoms with Crippen LogP contribution in [0.3, 0.4) is 0 Å². The molecule has 3 aromatic heterocycles. The zero-order chi connectivity index (χ0) is 33.6. The third-order valence-corrected chi connectivity index (χ3v) is 8.07. The number of nitrogens with one attached hydrogen (secondary N) is 1. The molecule has 0 atom stereocenters. The first-order chi connectivity index (χ1) is 21.7. The molecule has 0 aliphatic heterocycles. The quantitative estimate of drug-likeness (QED) is 0.184. The lowest BCUT2D eigenvalue weighted by Gasteiger charge is -2.21. The summed E-state index contributed by atoms with van der Waals surface area (Å²) in [7, 11) is 2.89. The SMILES string of the molecule is COC(=O)C(C)(C)c1ccc(Nc2cc(-c3cccc(-n4ncc5cc(C(C)(C)C)cc(F)c5c4=O)c3C=O)cn(C)c2=O)nc1. The standard InChI is InChI=1S/C35H34FN5O5/c1-34(2,3)23-13-20-16-38-41(32(44)30(20)26(36)15-23)28-10-8-9-24(25(28)19-42)21-14-27(31(43)40(6)18-21)39-29-12-11-22(17-37-29)35(4,5)33(45)46-7/h8-19H,1-7H3,(H,37,39). The summed E-state index contributed by atoms with van der Waals surface area (Å²) in [6.45, 7) is 9.30. The number of nitrogens with zero attached hydrogens (tertiary/aromatic N) is 4. The Hall–Kier alpha value is -5.45. The van der Waals surface area contributed by atoms with E-state index in [0.717, 1.165) is 10.2 Å². The highest BCUT2D eigenvalue weighted by Gasteiger charge is 2.31. The fourth-order valence-corrected chi connectivity index (χ4v) is 5.25. The van der Waals surface area contributed by atoms with E-state index in [1.807, 2.05) is 20.8 Å². The maximum Gasteiger partial charge on any atom is 0.315 e. The van der Waals surface area contributed by atoms with Crippen molar-refractivity contribution in [3.63, 3.8) is 0 Å². The number of aldehydes is 1. The van der Waals surface area contributed by atoms with Crippen molar-refractivity contribution in [3.8, 4) is 16.8 Å². The third-order valence-electron chi connectivity index (χ3n) is 8.07. The number of carbonyl (C=O) groups is 2. The van der Waals surface area contributed by atoms with Crippen LogP contribution in [0.1, 0.15) is 56.1 Å². The van der Waals surface area contributed by atoms with Crippen LogP contribution in [0, 0.1) is 5.82 Å². The number of rotatable bonds is 7. The molecule has 5 aromatic rings. The minimum absolute atomic E-state index is 0.125. The van der Waals surface area contributed by atoms with Gasteiger partial charge in [0, 0.05) is 36.0 Å². The van der Waals surface area contributed by atoms with Crippen LogP contribution in [0.25, 0.3) is 27.6 Å². The van der Waals surface area contributed by atoms with E-state index in [2.05, 4.69) is 15.4 Å². The van der Waals surface area contributed by atoms with Crippen molar-refractivity contribution < 1.29 is 18.7 Å². The zero-order valence-corrected chi connectivity index (χ0v) is 26.6. The topological polar surface area (TPSA) is 125 Å². The maximum atomic E-state index is 15.3. The van der Waals surface area contributed by atoms with Crippen LogP contribution in [0.2, 0.25) is 0 Å². The molecule has 0 saturated carbocycles. The van der Waals surface area contributed by atoms with Gasteiger partial charge in [0.2, 0.25) is 0 Å². The third kappa shape index (κ3) is 5.71. The Morgan fingerprint density at radius 1 is 0.978 bits per heavy atom. The van der Waals surface area contributed by atoms with Gasteiger partial charge < -0.3 is 14.6 Å². The zero-order valence-electron chi connectivity index (χ0n) is 26.6. The molecule has 0 spiro atoms. The molecular formula is C35H34FN5O5. The van der Waals surface area contributed by atoms with E-state index in [0.29, 0.717) is 34.2 Å². The number of aromatic nitrogens is 4. The number of anilines is 2. The summed E-state index contributed by atoms with van der Waals surface area (Å²) in [4.78, 5) is 55.8. The Kier molecular flexibility index (Phi) is 8.20. The number of benzene rings is 2. The van der Waals surface area contributed by atoms with Gasteiger partial charge in [0.1, 0.15) is 17.3 Å². The fraction of sp³-hybridized carbons (Fsp3) is 0.257. The number of halogens is 1. The average Bonchev–Trinajstić information content (AvgIpc) is 3.02. The van der Waals surface area contributed by atoms with Crippen LogP contribution in [-0.4, -0.2) is 38.7 Å². The lowest BCUT2D eigenvalue weighted by atomic mass is 9.86. The molecule has 0 radical (unpaired) electrons. The number of hydrogen-bond donors (Lipinski definition) is 1. The minimum atomic E-state index is -0.921. The lowest BCUT2D eigenvalue weighted by molar-refractivity contribution is -0.146. The highest BCUT2D eigenvalue weighted by molar-refractivity contribution is 5.93. The van der Waals surface area contributed by atoms with E-state index < -0.39 is 22.8 Å². The molecule has 2 aromatic carbocycles. The van der Waals surface area contributed by atoms with Gasteiger partial charge in [-0.1, -0.05) is 39.0 Å². The van der Waals surface area contributed by atoms with Crippen LogP contribution in [0.5, 0.6) is 0 Å². The van der Waals surface area contributed by atoms with Gasteiger partial charge >= 0.3 is 5.97 Å². The summed E-state index contributed by atoms with van der Waals surface area (Å²) < 4.78 is 22.6. The Balaban J connectivity index is 1.57. The molecule has 0 amide bonds. The number of ether oxygens (including phenoxy) is 1. The first-order valence-corrected chi connectivity index (χ1v) is 14.5. The normalized spacial score (nSPS) is 11.8. The Labute approximate surface area is 264 Å². The molecule has 236 valence electrons. The summed E-state index contributed by atoms with van der Waals surface area (Å²) in [6, 6.07) is 12.9. The van der Waals surface area contributed by atoms with Crippen molar-refractivity contribution >= 4 is 34.5 Å². The van der Waals surface area contributed by atoms with Gasteiger partial charge in [0.05, 0.1) is 29.8 Å². The molecule has 1 N–H and O–H groups in total. The smallest absolute Gasteiger partial charge is 0.315 e. The Morgan fingerprint density at radius 3 is 2.35 bits per heavy atom. The van der Waals surface area contributed by atoms with Gasteiger partial charge in [-0.3, -0.25) is 19.2 Å². The summed E-state index contributed by atoms with van der Waals surface area (Å²) >= 11 is 0. The summed E-state index contributed by atoms with van der Waals surface area (Å²) in [5, 5.41) is 7.55. The molecule has 0 unspecified atom stereocenters. The van der Waals surface area contributed by atoms with Crippen molar-refractivity contribution in [2.45, 2.75) is 45.4 Å². The van der Waals surface area contributed by atoms with E-state index in [1.54, 1.807) is 69.6 Å². The molecular weight excluding hydrogens is 589 g/mol. The second-order valence-electron chi connectivity index (χ2n) is 12.6. The lowest BCUT2D eigenvalue weighted by Crippen LogP contribution is -2.30. The minimum Gasteiger partial charge on any atom is -0.468 e. The number of carbonyl (C=O) groups excluding carboxylic acids is 2. The predicted octanol–water partition coefficient (Wildman–Crippen LogP) is 5.59. The summed E-state index contributed by atoms with van der Waals surface area (Å²) in [5.74, 6) is -0.728. The second-order valence-corrected chi connectivity index (χ2v) is 12.6. The van der Waals surface area contributed by atoms with Crippen LogP contribution >= 0.6 is 0 Å². The average molecular weight is 624 g/mol. The number of hydrogen-bond acceptors (Lipinski definition) is 8. The van der Waals surface area contributed by atoms with Crippen molar-refractivity contribution in [1.29, 1.82) is 0 Å². The van der Waals surface area contributed by atoms with E-state index >= 15 is 4.39 Å². The molecule has 0 fully saturated rings. The Bertz CT molecular complexity index is 2130. The monoisotopic (exact) mass is 623 g/mol. The summed E-state index contributed by atoms with van der Waals surface area (Å²) in [5.41, 5.74) is 0.407. The van der Waals surface area contributed by atoms with Crippen LogP contribution in [0.15, 0.2) is 76.7 Å². The fourth-order valence-electron chi connectivity index (χ4n) is 5.25. The highest BCUT2D eigenvalue weighted by Crippen LogP contribution is 2.30. The van der Waals surface area contributed by atoms with E-state index in [9.17, 15) is 19.2 Å². The molecule has 5 rings (SSSR count). The van der Waals surface area contributed by atoms with Crippen molar-refractivity contribution in [2.75, 3.05) is 12.4 Å². The molecule has 0 saturated heterocycles. The van der Waals surface area contributed by atoms with Gasteiger partial charge in [0.25, 0.3) is 11.1 Å². The van der Waals surface area contributed by atoms with Gasteiger partial charge in [-0.15, -0.1) is 0 Å². The number of pyridine rings is 2. The largest absolute Gasteiger partial charge is 0.468 e. The van der Waals surface area contributed by atoms with Gasteiger partial charge in [0.15, 0.2) is 6.29 Å². The first-order valence-electron chi connectivity index (χ1n) is 14.5. The first kappa shape index (κ1) is 32.0. The number of aryl methyl sites for hydroxylation is 1. The van der Waals surface area contributed by atoms with Gasteiger partial charge in [-0.25, -0.2) is 9.37 Å². The summed E-state index contributed by atoms with van der Waals surface area (Å²) in [6.07, 6.45) is 5.11. The van der Waals surface area contributed by atoms with Crippen molar-refractivity contribution in [2.24, 2.45) is 7.05 Å². The number of esters is 1. The second kappa shape index (κ2) is 11.8. The molecule has 0 bridgehead atoms. The molecule has 46 heavy (non-hydrogen) atoms. The molecule has 10 nitrogen and oxygen atoms in total. The van der Waals surface area contributed by atoms with E-state index in [4.69, 9.17) is 4.74 Å². The van der Waals surface area contributed by atoms with Crippen molar-refractivity contribution in [1.82, 2.24) is 19.3 Å². The molecule has 0 aliphatic rings. The van der Waals surface area contributed by atoms with E-state index in [1.165, 1.54) is 30.1 Å². The van der Waals surface area contributed by atoms with Gasteiger partial charge in [-0.05, 0) is 66.3 Å². The van der Waals surface area contributed by atoms with E-state index in [-0.39, 0.29) is 33.3 Å². The number of methoxy groups -OCH3 is 1. The highest BCUT2D eigenvalue weighted by atomic mass is 19.1. The predicted molar refractivity (Wildman–Crippen MR) is 175 cm³/mol. The van der Waals surface area contributed by atoms with Crippen LogP contribution in [0.4, 0.5) is 15.9 Å². The molecule has 11 heteroatoms. The van der Waals surface area contributed by atoms with Crippen molar-refractivity contribution in [3.05, 3.63) is 110 Å². The Morgan fingerprint density at radius 2 is 1.72 bits per heavy atom. The molecule has 0 aliphatic carbocycles. The van der Waals surface area contributed by atoms with Gasteiger partial charge in [-0.2, -0.15) is 9.78 Å². The number of fused-ring (bicyclic) bond motifs is 1. The maximum absolute atomic E-state index is 15.3.